The van der Waals surface area contributed by atoms with Crippen molar-refractivity contribution in [2.24, 2.45) is 0 Å². The molecule has 1 heterocycles. The molecule has 3 rings (SSSR count). The zero-order chi connectivity index (χ0) is 19.0. The fourth-order valence-corrected chi connectivity index (χ4v) is 3.22. The van der Waals surface area contributed by atoms with E-state index in [4.69, 9.17) is 0 Å². The van der Waals surface area contributed by atoms with Crippen LogP contribution < -0.4 is 0 Å². The summed E-state index contributed by atoms with van der Waals surface area (Å²) in [6.45, 7) is 0. The first-order valence-electron chi connectivity index (χ1n) is 7.56. The van der Waals surface area contributed by atoms with E-state index in [0.717, 1.165) is 9.37 Å². The molecule has 1 saturated heterocycles. The van der Waals surface area contributed by atoms with Gasteiger partial charge in [0.05, 0.1) is 22.1 Å². The molecule has 0 aliphatic carbocycles. The van der Waals surface area contributed by atoms with E-state index in [0.29, 0.717) is 5.56 Å². The highest BCUT2D eigenvalue weighted by molar-refractivity contribution is 9.10. The van der Waals surface area contributed by atoms with Gasteiger partial charge >= 0.3 is 0 Å². The number of likely N-dealkylation sites (tertiary alicyclic amines) is 1. The molecular formula is C18H13BrN2O5. The lowest BCUT2D eigenvalue weighted by Gasteiger charge is -2.20. The Morgan fingerprint density at radius 1 is 1.15 bits per heavy atom. The first kappa shape index (κ1) is 17.8. The van der Waals surface area contributed by atoms with Gasteiger partial charge in [-0.25, -0.2) is 0 Å². The zero-order valence-corrected chi connectivity index (χ0v) is 15.1. The first-order valence-corrected chi connectivity index (χ1v) is 8.36. The molecule has 0 saturated carbocycles. The molecular weight excluding hydrogens is 404 g/mol. The number of nitro benzene ring substituents is 1. The first-order chi connectivity index (χ1) is 12.3. The van der Waals surface area contributed by atoms with Crippen molar-refractivity contribution in [1.82, 2.24) is 4.90 Å². The van der Waals surface area contributed by atoms with Gasteiger partial charge in [0.1, 0.15) is 5.76 Å². The Kier molecular flexibility index (Phi) is 4.60. The predicted molar refractivity (Wildman–Crippen MR) is 97.3 cm³/mol. The molecule has 0 radical (unpaired) electrons. The standard InChI is InChI=1S/C18H13BrN2O5/c1-20-15(12-4-2-3-5-13(12)21(25)26)14(17(23)18(20)24)16(22)10-6-8-11(19)9-7-10/h2-9,15,22H,1H3/t15-/m1/s1. The molecule has 7 nitrogen and oxygen atoms in total. The van der Waals surface area contributed by atoms with E-state index in [1.807, 2.05) is 0 Å². The van der Waals surface area contributed by atoms with Crippen LogP contribution in [0, 0.1) is 10.1 Å². The lowest BCUT2D eigenvalue weighted by Crippen LogP contribution is -2.25. The van der Waals surface area contributed by atoms with Crippen LogP contribution in [-0.4, -0.2) is 33.7 Å². The van der Waals surface area contributed by atoms with Crippen LogP contribution in [-0.2, 0) is 9.59 Å². The van der Waals surface area contributed by atoms with Crippen LogP contribution in [0.1, 0.15) is 17.2 Å². The molecule has 2 aromatic rings. The van der Waals surface area contributed by atoms with E-state index in [-0.39, 0.29) is 22.6 Å². The Labute approximate surface area is 156 Å². The average molecular weight is 417 g/mol. The van der Waals surface area contributed by atoms with E-state index in [9.17, 15) is 24.8 Å². The van der Waals surface area contributed by atoms with Gasteiger partial charge in [-0.1, -0.05) is 40.2 Å². The Hall–Kier alpha value is -3.00. The van der Waals surface area contributed by atoms with Crippen LogP contribution in [0.5, 0.6) is 0 Å². The summed E-state index contributed by atoms with van der Waals surface area (Å²) in [5, 5.41) is 22.0. The van der Waals surface area contributed by atoms with Crippen molar-refractivity contribution in [3.05, 3.63) is 79.8 Å². The molecule has 0 bridgehead atoms. The summed E-state index contributed by atoms with van der Waals surface area (Å²) in [5.41, 5.74) is 0.100. The van der Waals surface area contributed by atoms with Crippen LogP contribution >= 0.6 is 15.9 Å². The molecule has 0 spiro atoms. The van der Waals surface area contributed by atoms with Crippen LogP contribution in [0.25, 0.3) is 5.76 Å². The number of ketones is 1. The number of hydrogen-bond donors (Lipinski definition) is 1. The maximum absolute atomic E-state index is 12.5. The number of carbonyl (C=O) groups excluding carboxylic acids is 2. The summed E-state index contributed by atoms with van der Waals surface area (Å²) in [5.74, 6) is -2.08. The normalized spacial score (nSPS) is 19.0. The number of likely N-dealkylation sites (N-methyl/N-ethyl adjacent to an activating group) is 1. The minimum atomic E-state index is -1.04. The van der Waals surface area contributed by atoms with Crippen LogP contribution in [0.4, 0.5) is 5.69 Å². The summed E-state index contributed by atoms with van der Waals surface area (Å²) >= 11 is 3.28. The summed E-state index contributed by atoms with van der Waals surface area (Å²) in [4.78, 5) is 36.6. The highest BCUT2D eigenvalue weighted by atomic mass is 79.9. The van der Waals surface area contributed by atoms with E-state index in [1.54, 1.807) is 30.3 Å². The Bertz CT molecular complexity index is 952. The molecule has 1 fully saturated rings. The van der Waals surface area contributed by atoms with Crippen LogP contribution in [0.3, 0.4) is 0 Å². The molecule has 2 aromatic carbocycles. The predicted octanol–water partition coefficient (Wildman–Crippen LogP) is 3.41. The smallest absolute Gasteiger partial charge is 0.295 e. The van der Waals surface area contributed by atoms with E-state index in [2.05, 4.69) is 15.9 Å². The fraction of sp³-hybridized carbons (Fsp3) is 0.111. The lowest BCUT2D eigenvalue weighted by atomic mass is 9.94. The molecule has 1 amide bonds. The van der Waals surface area contributed by atoms with Gasteiger partial charge in [-0.15, -0.1) is 0 Å². The lowest BCUT2D eigenvalue weighted by molar-refractivity contribution is -0.385. The van der Waals surface area contributed by atoms with Crippen LogP contribution in [0.2, 0.25) is 0 Å². The quantitative estimate of drug-likeness (QED) is 0.271. The number of halogens is 1. The molecule has 26 heavy (non-hydrogen) atoms. The van der Waals surface area contributed by atoms with E-state index >= 15 is 0 Å². The molecule has 1 aliphatic rings. The minimum absolute atomic E-state index is 0.165. The number of nitrogens with zero attached hydrogens (tertiary/aromatic N) is 2. The molecule has 1 N–H and O–H groups in total. The topological polar surface area (TPSA) is 101 Å². The second kappa shape index (κ2) is 6.72. The highest BCUT2D eigenvalue weighted by Crippen LogP contribution is 2.41. The highest BCUT2D eigenvalue weighted by Gasteiger charge is 2.46. The average Bonchev–Trinajstić information content (AvgIpc) is 2.85. The molecule has 0 aromatic heterocycles. The van der Waals surface area contributed by atoms with E-state index in [1.165, 1.54) is 25.2 Å². The van der Waals surface area contributed by atoms with E-state index < -0.39 is 22.7 Å². The van der Waals surface area contributed by atoms with Crippen molar-refractivity contribution in [2.75, 3.05) is 7.05 Å². The van der Waals surface area contributed by atoms with Gasteiger partial charge in [-0.05, 0) is 18.2 Å². The van der Waals surface area contributed by atoms with Crippen molar-refractivity contribution in [2.45, 2.75) is 6.04 Å². The molecule has 8 heteroatoms. The summed E-state index contributed by atoms with van der Waals surface area (Å²) in [6, 6.07) is 11.3. The number of amides is 1. The van der Waals surface area contributed by atoms with Gasteiger partial charge in [-0.2, -0.15) is 0 Å². The third-order valence-corrected chi connectivity index (χ3v) is 4.75. The van der Waals surface area contributed by atoms with Gasteiger partial charge in [-0.3, -0.25) is 19.7 Å². The van der Waals surface area contributed by atoms with Gasteiger partial charge < -0.3 is 10.0 Å². The van der Waals surface area contributed by atoms with Crippen molar-refractivity contribution in [3.63, 3.8) is 0 Å². The maximum atomic E-state index is 12.5. The van der Waals surface area contributed by atoms with Crippen LogP contribution in [0.15, 0.2) is 58.6 Å². The van der Waals surface area contributed by atoms with Crippen molar-refractivity contribution in [1.29, 1.82) is 0 Å². The fourth-order valence-electron chi connectivity index (χ4n) is 2.96. The van der Waals surface area contributed by atoms with Crippen molar-refractivity contribution < 1.29 is 19.6 Å². The third-order valence-electron chi connectivity index (χ3n) is 4.22. The number of nitro groups is 1. The molecule has 1 atom stereocenters. The largest absolute Gasteiger partial charge is 0.507 e. The second-order valence-corrected chi connectivity index (χ2v) is 6.65. The summed E-state index contributed by atoms with van der Waals surface area (Å²) < 4.78 is 0.778. The number of benzene rings is 2. The second-order valence-electron chi connectivity index (χ2n) is 5.73. The number of rotatable bonds is 3. The van der Waals surface area contributed by atoms with Crippen molar-refractivity contribution >= 4 is 39.1 Å². The van der Waals surface area contributed by atoms with Gasteiger partial charge in [0, 0.05) is 23.2 Å². The van der Waals surface area contributed by atoms with Gasteiger partial charge in [0.15, 0.2) is 0 Å². The minimum Gasteiger partial charge on any atom is -0.507 e. The zero-order valence-electron chi connectivity index (χ0n) is 13.5. The number of carbonyl (C=O) groups is 2. The third kappa shape index (κ3) is 2.88. The number of aliphatic hydroxyl groups excluding tert-OH is 1. The Morgan fingerprint density at radius 3 is 2.38 bits per heavy atom. The number of Topliss-reactive ketones (excluding diaryl/α,β-unsaturated/α-hetero) is 1. The van der Waals surface area contributed by atoms with Gasteiger partial charge in [0.2, 0.25) is 0 Å². The Balaban J connectivity index is 2.24. The van der Waals surface area contributed by atoms with Gasteiger partial charge in [0.25, 0.3) is 17.4 Å². The number of hydrogen-bond acceptors (Lipinski definition) is 5. The summed E-state index contributed by atoms with van der Waals surface area (Å²) in [6.07, 6.45) is 0. The molecule has 132 valence electrons. The summed E-state index contributed by atoms with van der Waals surface area (Å²) in [7, 11) is 1.38. The maximum Gasteiger partial charge on any atom is 0.295 e. The molecule has 0 unspecified atom stereocenters. The molecule has 1 aliphatic heterocycles. The SMILES string of the molecule is CN1C(=O)C(=O)C(=C(O)c2ccc(Br)cc2)[C@H]1c1ccccc1[N+](=O)[O-]. The number of aliphatic hydroxyl groups is 1. The Morgan fingerprint density at radius 2 is 1.77 bits per heavy atom. The number of para-hydroxylation sites is 1. The van der Waals surface area contributed by atoms with Crippen molar-refractivity contribution in [3.8, 4) is 0 Å². The monoisotopic (exact) mass is 416 g/mol.